The van der Waals surface area contributed by atoms with E-state index >= 15 is 0 Å². The van der Waals surface area contributed by atoms with Crippen LogP contribution in [0.2, 0.25) is 0 Å². The number of nitrogens with two attached hydrogens (primary N) is 1. The number of nitrogens with zero attached hydrogens (tertiary/aromatic N) is 1. The third-order valence-corrected chi connectivity index (χ3v) is 4.35. The number of hydrogen-bond donors (Lipinski definition) is 1. The van der Waals surface area contributed by atoms with Crippen LogP contribution in [0.15, 0.2) is 17.5 Å². The van der Waals surface area contributed by atoms with Gasteiger partial charge in [-0.2, -0.15) is 0 Å². The molecule has 1 aromatic rings. The molecule has 2 unspecified atom stereocenters. The van der Waals surface area contributed by atoms with Crippen LogP contribution in [-0.4, -0.2) is 37.2 Å². The average Bonchev–Trinajstić information content (AvgIpc) is 2.79. The minimum atomic E-state index is -0.126. The average molecular weight is 242 g/mol. The second-order valence-electron chi connectivity index (χ2n) is 4.37. The Bertz CT molecular complexity index is 302. The third kappa shape index (κ3) is 2.83. The second-order valence-corrected chi connectivity index (χ2v) is 5.41. The molecule has 1 rings (SSSR count). The Hall–Kier alpha value is -0.420. The van der Waals surface area contributed by atoms with Gasteiger partial charge in [0.05, 0.1) is 11.6 Å². The number of ether oxygens (including phenoxy) is 1. The van der Waals surface area contributed by atoms with E-state index in [4.69, 9.17) is 10.5 Å². The molecular formula is C12H22N2OS. The van der Waals surface area contributed by atoms with Crippen molar-refractivity contribution in [2.75, 3.05) is 20.7 Å². The van der Waals surface area contributed by atoms with Gasteiger partial charge in [0.2, 0.25) is 0 Å². The smallest absolute Gasteiger partial charge is 0.0736 e. The van der Waals surface area contributed by atoms with Crippen molar-refractivity contribution in [1.82, 2.24) is 4.90 Å². The maximum Gasteiger partial charge on any atom is 0.0736 e. The highest BCUT2D eigenvalue weighted by atomic mass is 32.1. The van der Waals surface area contributed by atoms with Gasteiger partial charge in [-0.05, 0) is 32.3 Å². The molecule has 0 spiro atoms. The zero-order chi connectivity index (χ0) is 12.2. The first-order valence-corrected chi connectivity index (χ1v) is 6.39. The van der Waals surface area contributed by atoms with Gasteiger partial charge >= 0.3 is 0 Å². The fraction of sp³-hybridized carbons (Fsp3) is 0.667. The normalized spacial score (nSPS) is 17.4. The SMILES string of the molecule is COC(C)C(C)(CN)N(C)Cc1cccs1. The lowest BCUT2D eigenvalue weighted by Crippen LogP contribution is -2.56. The Labute approximate surface area is 102 Å². The highest BCUT2D eigenvalue weighted by Gasteiger charge is 2.34. The van der Waals surface area contributed by atoms with Crippen molar-refractivity contribution in [2.24, 2.45) is 5.73 Å². The van der Waals surface area contributed by atoms with E-state index in [-0.39, 0.29) is 11.6 Å². The Morgan fingerprint density at radius 1 is 1.62 bits per heavy atom. The molecule has 0 saturated heterocycles. The van der Waals surface area contributed by atoms with Crippen LogP contribution in [0.5, 0.6) is 0 Å². The van der Waals surface area contributed by atoms with Gasteiger partial charge in [0.25, 0.3) is 0 Å². The zero-order valence-corrected chi connectivity index (χ0v) is 11.4. The molecule has 4 heteroatoms. The Morgan fingerprint density at radius 3 is 2.75 bits per heavy atom. The molecule has 0 aliphatic rings. The quantitative estimate of drug-likeness (QED) is 0.828. The van der Waals surface area contributed by atoms with Gasteiger partial charge in [-0.3, -0.25) is 4.90 Å². The van der Waals surface area contributed by atoms with Crippen molar-refractivity contribution >= 4 is 11.3 Å². The fourth-order valence-electron chi connectivity index (χ4n) is 1.70. The number of thiophene rings is 1. The summed E-state index contributed by atoms with van der Waals surface area (Å²) in [5, 5.41) is 2.10. The van der Waals surface area contributed by atoms with Crippen LogP contribution in [0.4, 0.5) is 0 Å². The van der Waals surface area contributed by atoms with E-state index < -0.39 is 0 Å². The summed E-state index contributed by atoms with van der Waals surface area (Å²) in [7, 11) is 3.83. The van der Waals surface area contributed by atoms with Crippen LogP contribution in [0.3, 0.4) is 0 Å². The van der Waals surface area contributed by atoms with Crippen LogP contribution >= 0.6 is 11.3 Å². The largest absolute Gasteiger partial charge is 0.380 e. The lowest BCUT2D eigenvalue weighted by atomic mass is 9.94. The van der Waals surface area contributed by atoms with Gasteiger partial charge < -0.3 is 10.5 Å². The standard InChI is InChI=1S/C12H22N2OS/c1-10(15-4)12(2,9-13)14(3)8-11-6-5-7-16-11/h5-7,10H,8-9,13H2,1-4H3. The molecule has 0 bridgehead atoms. The summed E-state index contributed by atoms with van der Waals surface area (Å²) in [4.78, 5) is 3.62. The van der Waals surface area contributed by atoms with Crippen molar-refractivity contribution in [1.29, 1.82) is 0 Å². The van der Waals surface area contributed by atoms with E-state index in [0.717, 1.165) is 6.54 Å². The van der Waals surface area contributed by atoms with Crippen molar-refractivity contribution < 1.29 is 4.74 Å². The Kier molecular flexibility index (Phi) is 4.92. The van der Waals surface area contributed by atoms with Gasteiger partial charge in [-0.25, -0.2) is 0 Å². The Morgan fingerprint density at radius 2 is 2.31 bits per heavy atom. The topological polar surface area (TPSA) is 38.5 Å². The first-order valence-electron chi connectivity index (χ1n) is 5.51. The summed E-state index contributed by atoms with van der Waals surface area (Å²) < 4.78 is 5.43. The van der Waals surface area contributed by atoms with E-state index in [2.05, 4.69) is 43.3 Å². The van der Waals surface area contributed by atoms with Crippen molar-refractivity contribution in [3.8, 4) is 0 Å². The predicted octanol–water partition coefficient (Wildman–Crippen LogP) is 1.93. The van der Waals surface area contributed by atoms with Gasteiger partial charge in [0, 0.05) is 25.1 Å². The summed E-state index contributed by atoms with van der Waals surface area (Å²) in [6.07, 6.45) is 0.113. The summed E-state index contributed by atoms with van der Waals surface area (Å²) >= 11 is 1.77. The number of methoxy groups -OCH3 is 1. The molecule has 0 radical (unpaired) electrons. The van der Waals surface area contributed by atoms with Crippen LogP contribution < -0.4 is 5.73 Å². The monoisotopic (exact) mass is 242 g/mol. The van der Waals surface area contributed by atoms with Gasteiger partial charge in [0.1, 0.15) is 0 Å². The molecule has 2 atom stereocenters. The third-order valence-electron chi connectivity index (χ3n) is 3.49. The first kappa shape index (κ1) is 13.6. The fourth-order valence-corrected chi connectivity index (χ4v) is 2.46. The van der Waals surface area contributed by atoms with Gasteiger partial charge in [-0.15, -0.1) is 11.3 Å². The lowest BCUT2D eigenvalue weighted by Gasteiger charge is -2.41. The molecule has 2 N–H and O–H groups in total. The van der Waals surface area contributed by atoms with E-state index in [1.54, 1.807) is 18.4 Å². The molecule has 0 amide bonds. The molecule has 3 nitrogen and oxygen atoms in total. The van der Waals surface area contributed by atoms with E-state index in [1.807, 2.05) is 0 Å². The molecule has 1 aromatic heterocycles. The number of likely N-dealkylation sites (N-methyl/N-ethyl adjacent to an activating group) is 1. The number of hydrogen-bond acceptors (Lipinski definition) is 4. The summed E-state index contributed by atoms with van der Waals surface area (Å²) in [5.41, 5.74) is 5.77. The first-order chi connectivity index (χ1) is 7.54. The van der Waals surface area contributed by atoms with Crippen molar-refractivity contribution in [3.05, 3.63) is 22.4 Å². The Balaban J connectivity index is 2.72. The van der Waals surface area contributed by atoms with Gasteiger partial charge in [0.15, 0.2) is 0 Å². The van der Waals surface area contributed by atoms with Crippen LogP contribution in [0.25, 0.3) is 0 Å². The molecule has 0 aliphatic carbocycles. The molecular weight excluding hydrogens is 220 g/mol. The maximum atomic E-state index is 5.90. The van der Waals surface area contributed by atoms with Crippen LogP contribution in [0.1, 0.15) is 18.7 Å². The maximum absolute atomic E-state index is 5.90. The zero-order valence-electron chi connectivity index (χ0n) is 10.6. The molecule has 0 fully saturated rings. The molecule has 0 aromatic carbocycles. The van der Waals surface area contributed by atoms with Crippen LogP contribution in [0, 0.1) is 0 Å². The van der Waals surface area contributed by atoms with Crippen LogP contribution in [-0.2, 0) is 11.3 Å². The molecule has 1 heterocycles. The highest BCUT2D eigenvalue weighted by Crippen LogP contribution is 2.22. The lowest BCUT2D eigenvalue weighted by molar-refractivity contribution is -0.0226. The predicted molar refractivity (Wildman–Crippen MR) is 69.7 cm³/mol. The van der Waals surface area contributed by atoms with E-state index in [1.165, 1.54) is 4.88 Å². The van der Waals surface area contributed by atoms with E-state index in [0.29, 0.717) is 6.54 Å². The second kappa shape index (κ2) is 5.77. The summed E-state index contributed by atoms with van der Waals surface area (Å²) in [5.74, 6) is 0. The molecule has 0 aliphatic heterocycles. The molecule has 0 saturated carbocycles. The molecule has 92 valence electrons. The van der Waals surface area contributed by atoms with Crippen molar-refractivity contribution in [2.45, 2.75) is 32.0 Å². The summed E-state index contributed by atoms with van der Waals surface area (Å²) in [6, 6.07) is 4.23. The summed E-state index contributed by atoms with van der Waals surface area (Å²) in [6.45, 7) is 5.72. The highest BCUT2D eigenvalue weighted by molar-refractivity contribution is 7.09. The van der Waals surface area contributed by atoms with E-state index in [9.17, 15) is 0 Å². The number of rotatable bonds is 6. The van der Waals surface area contributed by atoms with Gasteiger partial charge in [-0.1, -0.05) is 6.07 Å². The minimum Gasteiger partial charge on any atom is -0.380 e. The minimum absolute atomic E-state index is 0.113. The van der Waals surface area contributed by atoms with Crippen molar-refractivity contribution in [3.63, 3.8) is 0 Å². The molecule has 16 heavy (non-hydrogen) atoms.